The Hall–Kier alpha value is -0.150. The third-order valence-electron chi connectivity index (χ3n) is 3.55. The number of hydrogen-bond donors (Lipinski definition) is 0. The fourth-order valence-corrected chi connectivity index (χ4v) is 3.28. The van der Waals surface area contributed by atoms with Crippen molar-refractivity contribution in [3.05, 3.63) is 21.1 Å². The van der Waals surface area contributed by atoms with Crippen LogP contribution in [-0.4, -0.2) is 9.97 Å². The summed E-state index contributed by atoms with van der Waals surface area (Å²) >= 11 is 9.77. The molecule has 0 bridgehead atoms. The second-order valence-corrected chi connectivity index (χ2v) is 7.01. The van der Waals surface area contributed by atoms with Crippen molar-refractivity contribution in [1.29, 1.82) is 0 Å². The molecule has 1 aliphatic carbocycles. The number of hydrogen-bond acceptors (Lipinski definition) is 2. The van der Waals surface area contributed by atoms with Crippen LogP contribution in [0.3, 0.4) is 0 Å². The zero-order valence-electron chi connectivity index (χ0n) is 11.4. The SMILES string of the molecule is CC(C)C(c1nc(Cl)c(Br)c(C2CC2)n1)C(C)C. The van der Waals surface area contributed by atoms with Crippen molar-refractivity contribution in [3.63, 3.8) is 0 Å². The molecule has 4 heteroatoms. The molecule has 0 N–H and O–H groups in total. The highest BCUT2D eigenvalue weighted by Gasteiger charge is 2.31. The Morgan fingerprint density at radius 2 is 1.67 bits per heavy atom. The second kappa shape index (κ2) is 5.46. The first-order chi connectivity index (χ1) is 8.41. The second-order valence-electron chi connectivity index (χ2n) is 5.86. The van der Waals surface area contributed by atoms with Crippen molar-refractivity contribution in [2.75, 3.05) is 0 Å². The molecular formula is C14H20BrClN2. The molecule has 2 nitrogen and oxygen atoms in total. The molecule has 1 heterocycles. The lowest BCUT2D eigenvalue weighted by Gasteiger charge is -2.24. The van der Waals surface area contributed by atoms with Gasteiger partial charge in [0.2, 0.25) is 0 Å². The summed E-state index contributed by atoms with van der Waals surface area (Å²) in [6.07, 6.45) is 2.44. The topological polar surface area (TPSA) is 25.8 Å². The van der Waals surface area contributed by atoms with E-state index in [9.17, 15) is 0 Å². The van der Waals surface area contributed by atoms with E-state index in [0.29, 0.717) is 28.8 Å². The van der Waals surface area contributed by atoms with Crippen molar-refractivity contribution in [2.45, 2.75) is 52.4 Å². The Kier molecular flexibility index (Phi) is 4.32. The summed E-state index contributed by atoms with van der Waals surface area (Å²) in [7, 11) is 0. The van der Waals surface area contributed by atoms with Crippen molar-refractivity contribution in [3.8, 4) is 0 Å². The lowest BCUT2D eigenvalue weighted by molar-refractivity contribution is 0.370. The van der Waals surface area contributed by atoms with Gasteiger partial charge >= 0.3 is 0 Å². The van der Waals surface area contributed by atoms with Crippen LogP contribution < -0.4 is 0 Å². The van der Waals surface area contributed by atoms with Gasteiger partial charge in [-0.15, -0.1) is 0 Å². The van der Waals surface area contributed by atoms with Gasteiger partial charge in [0.25, 0.3) is 0 Å². The Morgan fingerprint density at radius 1 is 1.11 bits per heavy atom. The minimum absolute atomic E-state index is 0.369. The van der Waals surface area contributed by atoms with Crippen molar-refractivity contribution < 1.29 is 0 Å². The minimum Gasteiger partial charge on any atom is -0.236 e. The number of aromatic nitrogens is 2. The fraction of sp³-hybridized carbons (Fsp3) is 0.714. The molecule has 0 amide bonds. The summed E-state index contributed by atoms with van der Waals surface area (Å²) in [5.74, 6) is 2.91. The van der Waals surface area contributed by atoms with E-state index < -0.39 is 0 Å². The third kappa shape index (κ3) is 2.88. The molecule has 0 spiro atoms. The summed E-state index contributed by atoms with van der Waals surface area (Å²) in [6, 6.07) is 0. The van der Waals surface area contributed by atoms with Crippen LogP contribution in [0.1, 0.15) is 63.9 Å². The molecule has 1 aliphatic rings. The molecule has 0 unspecified atom stereocenters. The van der Waals surface area contributed by atoms with Gasteiger partial charge in [-0.2, -0.15) is 0 Å². The Labute approximate surface area is 123 Å². The van der Waals surface area contributed by atoms with E-state index in [4.69, 9.17) is 16.6 Å². The lowest BCUT2D eigenvalue weighted by atomic mass is 9.85. The molecule has 1 saturated carbocycles. The van der Waals surface area contributed by atoms with Gasteiger partial charge in [0, 0.05) is 11.8 Å². The summed E-state index contributed by atoms with van der Waals surface area (Å²) in [5, 5.41) is 0.563. The zero-order valence-corrected chi connectivity index (χ0v) is 13.7. The largest absolute Gasteiger partial charge is 0.236 e. The van der Waals surface area contributed by atoms with Crippen LogP contribution in [0.2, 0.25) is 5.15 Å². The number of halogens is 2. The van der Waals surface area contributed by atoms with Gasteiger partial charge in [-0.05, 0) is 40.6 Å². The third-order valence-corrected chi connectivity index (χ3v) is 4.84. The van der Waals surface area contributed by atoms with Crippen LogP contribution >= 0.6 is 27.5 Å². The van der Waals surface area contributed by atoms with Crippen LogP contribution in [0.4, 0.5) is 0 Å². The van der Waals surface area contributed by atoms with Crippen molar-refractivity contribution in [1.82, 2.24) is 9.97 Å². The van der Waals surface area contributed by atoms with Gasteiger partial charge in [0.15, 0.2) is 0 Å². The smallest absolute Gasteiger partial charge is 0.147 e. The van der Waals surface area contributed by atoms with Gasteiger partial charge in [-0.3, -0.25) is 0 Å². The molecule has 1 aromatic rings. The first kappa shape index (κ1) is 14.3. The van der Waals surface area contributed by atoms with E-state index in [1.807, 2.05) is 0 Å². The van der Waals surface area contributed by atoms with Crippen LogP contribution in [0.25, 0.3) is 0 Å². The van der Waals surface area contributed by atoms with Gasteiger partial charge in [-0.25, -0.2) is 9.97 Å². The maximum absolute atomic E-state index is 6.25. The molecule has 1 fully saturated rings. The van der Waals surface area contributed by atoms with Gasteiger partial charge in [-0.1, -0.05) is 39.3 Å². The maximum atomic E-state index is 6.25. The van der Waals surface area contributed by atoms with E-state index in [1.54, 1.807) is 0 Å². The highest BCUT2D eigenvalue weighted by Crippen LogP contribution is 2.44. The zero-order chi connectivity index (χ0) is 13.4. The summed E-state index contributed by atoms with van der Waals surface area (Å²) in [4.78, 5) is 9.29. The molecular weight excluding hydrogens is 312 g/mol. The van der Waals surface area contributed by atoms with E-state index in [2.05, 4.69) is 48.6 Å². The van der Waals surface area contributed by atoms with Crippen molar-refractivity contribution in [2.24, 2.45) is 11.8 Å². The van der Waals surface area contributed by atoms with E-state index in [0.717, 1.165) is 16.0 Å². The highest BCUT2D eigenvalue weighted by atomic mass is 79.9. The lowest BCUT2D eigenvalue weighted by Crippen LogP contribution is -2.17. The summed E-state index contributed by atoms with van der Waals surface area (Å²) < 4.78 is 0.890. The van der Waals surface area contributed by atoms with E-state index in [-0.39, 0.29) is 0 Å². The maximum Gasteiger partial charge on any atom is 0.147 e. The number of rotatable bonds is 4. The fourth-order valence-electron chi connectivity index (χ4n) is 2.60. The predicted octanol–water partition coefficient (Wildman–Crippen LogP) is 5.17. The molecule has 0 aliphatic heterocycles. The molecule has 18 heavy (non-hydrogen) atoms. The molecule has 0 radical (unpaired) electrons. The molecule has 1 aromatic heterocycles. The van der Waals surface area contributed by atoms with E-state index >= 15 is 0 Å². The van der Waals surface area contributed by atoms with E-state index in [1.165, 1.54) is 12.8 Å². The minimum atomic E-state index is 0.369. The first-order valence-electron chi connectivity index (χ1n) is 6.64. The van der Waals surface area contributed by atoms with Gasteiger partial charge in [0.1, 0.15) is 11.0 Å². The van der Waals surface area contributed by atoms with Crippen LogP contribution in [-0.2, 0) is 0 Å². The molecule has 100 valence electrons. The molecule has 0 atom stereocenters. The monoisotopic (exact) mass is 330 g/mol. The highest BCUT2D eigenvalue weighted by molar-refractivity contribution is 9.10. The quantitative estimate of drug-likeness (QED) is 0.712. The van der Waals surface area contributed by atoms with Gasteiger partial charge in [0.05, 0.1) is 10.2 Å². The average Bonchev–Trinajstić information content (AvgIpc) is 3.05. The van der Waals surface area contributed by atoms with Crippen LogP contribution in [0.5, 0.6) is 0 Å². The Balaban J connectivity index is 2.43. The van der Waals surface area contributed by atoms with Crippen molar-refractivity contribution >= 4 is 27.5 Å². The molecule has 2 rings (SSSR count). The summed E-state index contributed by atoms with van der Waals surface area (Å²) in [6.45, 7) is 8.89. The Morgan fingerprint density at radius 3 is 2.11 bits per heavy atom. The molecule has 0 aromatic carbocycles. The van der Waals surface area contributed by atoms with Gasteiger partial charge < -0.3 is 0 Å². The molecule has 0 saturated heterocycles. The average molecular weight is 332 g/mol. The predicted molar refractivity (Wildman–Crippen MR) is 79.1 cm³/mol. The normalized spacial score (nSPS) is 16.1. The van der Waals surface area contributed by atoms with Crippen LogP contribution in [0.15, 0.2) is 4.47 Å². The number of nitrogens with zero attached hydrogens (tertiary/aromatic N) is 2. The van der Waals surface area contributed by atoms with Crippen LogP contribution in [0, 0.1) is 11.8 Å². The Bertz CT molecular complexity index is 434. The standard InChI is InChI=1S/C14H20BrClN2/c1-7(2)10(8(3)4)14-17-12(9-5-6-9)11(15)13(16)18-14/h7-10H,5-6H2,1-4H3. The summed E-state index contributed by atoms with van der Waals surface area (Å²) in [5.41, 5.74) is 1.11. The first-order valence-corrected chi connectivity index (χ1v) is 7.81.